The number of amides is 1. The molecule has 1 amide bonds. The van der Waals surface area contributed by atoms with Crippen molar-refractivity contribution in [3.05, 3.63) is 88.4 Å². The van der Waals surface area contributed by atoms with Crippen LogP contribution in [0.4, 0.5) is 0 Å². The lowest BCUT2D eigenvalue weighted by Crippen LogP contribution is -2.28. The van der Waals surface area contributed by atoms with Crippen LogP contribution in [0.25, 0.3) is 0 Å². The lowest BCUT2D eigenvalue weighted by molar-refractivity contribution is -0.139. The third-order valence-electron chi connectivity index (χ3n) is 6.06. The minimum Gasteiger partial charge on any atom is -0.493 e. The smallest absolute Gasteiger partial charge is 0.311 e. The quantitative estimate of drug-likeness (QED) is 0.224. The van der Waals surface area contributed by atoms with Crippen LogP contribution in [0, 0.1) is 0 Å². The SMILES string of the molecule is COCCOC(CN(Cl)C(=O)c1ccc(Oc2cc3c(cc2Cl)C(C(=O)O)CCO3)cc1)c1ccccc1. The standard InChI is InChI=1S/C28H27Cl2NO7/c1-35-13-14-37-26(18-5-3-2-4-6-18)17-31(30)27(32)19-7-9-20(10-8-19)38-25-16-24-22(15-23(25)29)21(28(33)34)11-12-36-24/h2-10,15-16,21,26H,11-14,17H2,1H3,(H,33,34). The van der Waals surface area contributed by atoms with Crippen LogP contribution >= 0.6 is 23.4 Å². The van der Waals surface area contributed by atoms with E-state index in [1.54, 1.807) is 43.5 Å². The molecule has 0 bridgehead atoms. The first-order valence-corrected chi connectivity index (χ1v) is 12.7. The molecule has 8 nitrogen and oxygen atoms in total. The lowest BCUT2D eigenvalue weighted by atomic mass is 9.93. The minimum absolute atomic E-state index is 0.133. The highest BCUT2D eigenvalue weighted by molar-refractivity contribution is 6.32. The summed E-state index contributed by atoms with van der Waals surface area (Å²) in [6.45, 7) is 1.20. The molecule has 1 N–H and O–H groups in total. The van der Waals surface area contributed by atoms with E-state index in [0.717, 1.165) is 9.98 Å². The van der Waals surface area contributed by atoms with E-state index < -0.39 is 23.9 Å². The summed E-state index contributed by atoms with van der Waals surface area (Å²) in [5, 5.41) is 9.72. The van der Waals surface area contributed by atoms with Crippen LogP contribution in [-0.2, 0) is 14.3 Å². The van der Waals surface area contributed by atoms with Gasteiger partial charge in [0.1, 0.15) is 23.4 Å². The van der Waals surface area contributed by atoms with E-state index in [2.05, 4.69) is 0 Å². The predicted octanol–water partition coefficient (Wildman–Crippen LogP) is 6.08. The second kappa shape index (κ2) is 13.0. The minimum atomic E-state index is -0.926. The van der Waals surface area contributed by atoms with Gasteiger partial charge in [0.15, 0.2) is 0 Å². The normalized spacial score (nSPS) is 15.2. The van der Waals surface area contributed by atoms with Gasteiger partial charge in [-0.1, -0.05) is 41.9 Å². The predicted molar refractivity (Wildman–Crippen MR) is 142 cm³/mol. The molecule has 3 aromatic carbocycles. The van der Waals surface area contributed by atoms with Gasteiger partial charge in [-0.2, -0.15) is 0 Å². The summed E-state index contributed by atoms with van der Waals surface area (Å²) in [7, 11) is 1.59. The van der Waals surface area contributed by atoms with Crippen molar-refractivity contribution in [1.82, 2.24) is 4.42 Å². The highest BCUT2D eigenvalue weighted by Gasteiger charge is 2.29. The van der Waals surface area contributed by atoms with Crippen LogP contribution < -0.4 is 9.47 Å². The second-order valence-corrected chi connectivity index (χ2v) is 9.40. The van der Waals surface area contributed by atoms with Gasteiger partial charge in [0.05, 0.1) is 37.3 Å². The molecule has 2 unspecified atom stereocenters. The van der Waals surface area contributed by atoms with Crippen molar-refractivity contribution in [3.8, 4) is 17.2 Å². The van der Waals surface area contributed by atoms with Crippen LogP contribution in [0.5, 0.6) is 17.2 Å². The van der Waals surface area contributed by atoms with E-state index >= 15 is 0 Å². The topological polar surface area (TPSA) is 94.5 Å². The number of nitrogens with zero attached hydrogens (tertiary/aromatic N) is 1. The average Bonchev–Trinajstić information content (AvgIpc) is 2.93. The number of halogens is 2. The van der Waals surface area contributed by atoms with Gasteiger partial charge in [0.25, 0.3) is 5.91 Å². The molecule has 0 fully saturated rings. The van der Waals surface area contributed by atoms with Crippen molar-refractivity contribution in [3.63, 3.8) is 0 Å². The van der Waals surface area contributed by atoms with Gasteiger partial charge in [-0.05, 0) is 42.3 Å². The third-order valence-corrected chi connectivity index (χ3v) is 6.64. The molecule has 2 atom stereocenters. The van der Waals surface area contributed by atoms with Crippen molar-refractivity contribution in [2.45, 2.75) is 18.4 Å². The molecule has 200 valence electrons. The van der Waals surface area contributed by atoms with Gasteiger partial charge < -0.3 is 24.1 Å². The van der Waals surface area contributed by atoms with E-state index in [1.807, 2.05) is 30.3 Å². The molecule has 0 aliphatic carbocycles. The molecule has 1 aliphatic rings. The number of carboxylic acid groups (broad SMARTS) is 1. The summed E-state index contributed by atoms with van der Waals surface area (Å²) in [4.78, 5) is 24.5. The largest absolute Gasteiger partial charge is 0.493 e. The van der Waals surface area contributed by atoms with E-state index in [9.17, 15) is 14.7 Å². The molecule has 1 heterocycles. The van der Waals surface area contributed by atoms with Crippen molar-refractivity contribution in [1.29, 1.82) is 0 Å². The van der Waals surface area contributed by atoms with Gasteiger partial charge in [0, 0.05) is 36.1 Å². The monoisotopic (exact) mass is 559 g/mol. The fraction of sp³-hybridized carbons (Fsp3) is 0.286. The first-order valence-electron chi connectivity index (χ1n) is 12.0. The molecule has 0 saturated carbocycles. The molecule has 0 aromatic heterocycles. The molecule has 3 aromatic rings. The Kier molecular flexibility index (Phi) is 9.47. The van der Waals surface area contributed by atoms with Crippen LogP contribution in [-0.4, -0.2) is 54.9 Å². The Morgan fingerprint density at radius 2 is 1.84 bits per heavy atom. The first-order chi connectivity index (χ1) is 18.4. The Labute approximate surface area is 230 Å². The summed E-state index contributed by atoms with van der Waals surface area (Å²) >= 11 is 12.8. The Balaban J connectivity index is 1.43. The number of hydrogen-bond acceptors (Lipinski definition) is 6. The lowest BCUT2D eigenvalue weighted by Gasteiger charge is -2.24. The highest BCUT2D eigenvalue weighted by Crippen LogP contribution is 2.41. The zero-order valence-corrected chi connectivity index (χ0v) is 22.2. The maximum absolute atomic E-state index is 13.0. The molecular formula is C28H27Cl2NO7. The Bertz CT molecular complexity index is 1250. The number of methoxy groups -OCH3 is 1. The molecule has 0 saturated heterocycles. The van der Waals surface area contributed by atoms with Crippen molar-refractivity contribution < 1.29 is 33.6 Å². The number of carboxylic acids is 1. The van der Waals surface area contributed by atoms with Gasteiger partial charge >= 0.3 is 5.97 Å². The maximum Gasteiger partial charge on any atom is 0.311 e. The summed E-state index contributed by atoms with van der Waals surface area (Å²) in [6.07, 6.45) is -0.0540. The van der Waals surface area contributed by atoms with Crippen LogP contribution in [0.15, 0.2) is 66.7 Å². The number of hydrogen-bond donors (Lipinski definition) is 1. The van der Waals surface area contributed by atoms with Crippen molar-refractivity contribution in [2.75, 3.05) is 33.5 Å². The van der Waals surface area contributed by atoms with Crippen molar-refractivity contribution >= 4 is 35.3 Å². The fourth-order valence-corrected chi connectivity index (χ4v) is 4.51. The Morgan fingerprint density at radius 3 is 2.53 bits per heavy atom. The number of carbonyl (C=O) groups excluding carboxylic acids is 1. The van der Waals surface area contributed by atoms with Gasteiger partial charge in [-0.3, -0.25) is 9.59 Å². The van der Waals surface area contributed by atoms with Crippen LogP contribution in [0.1, 0.15) is 39.9 Å². The second-order valence-electron chi connectivity index (χ2n) is 8.59. The summed E-state index contributed by atoms with van der Waals surface area (Å²) in [5.74, 6) is -0.832. The van der Waals surface area contributed by atoms with E-state index in [4.69, 9.17) is 42.3 Å². The van der Waals surface area contributed by atoms with E-state index in [0.29, 0.717) is 54.6 Å². The summed E-state index contributed by atoms with van der Waals surface area (Å²) in [5.41, 5.74) is 1.77. The molecule has 0 radical (unpaired) electrons. The average molecular weight is 560 g/mol. The third kappa shape index (κ3) is 6.76. The number of fused-ring (bicyclic) bond motifs is 1. The maximum atomic E-state index is 13.0. The molecular weight excluding hydrogens is 533 g/mol. The molecule has 0 spiro atoms. The molecule has 38 heavy (non-hydrogen) atoms. The van der Waals surface area contributed by atoms with Crippen molar-refractivity contribution in [2.24, 2.45) is 0 Å². The molecule has 4 rings (SSSR count). The zero-order chi connectivity index (χ0) is 27.1. The summed E-state index contributed by atoms with van der Waals surface area (Å²) in [6, 6.07) is 19.1. The number of rotatable bonds is 11. The van der Waals surface area contributed by atoms with Gasteiger partial charge in [-0.15, -0.1) is 0 Å². The van der Waals surface area contributed by atoms with E-state index in [1.165, 1.54) is 0 Å². The van der Waals surface area contributed by atoms with Gasteiger partial charge in [0.2, 0.25) is 0 Å². The highest BCUT2D eigenvalue weighted by atomic mass is 35.5. The fourth-order valence-electron chi connectivity index (χ4n) is 4.08. The Hall–Kier alpha value is -3.30. The van der Waals surface area contributed by atoms with Crippen LogP contribution in [0.2, 0.25) is 5.02 Å². The summed E-state index contributed by atoms with van der Waals surface area (Å²) < 4.78 is 23.6. The molecule has 10 heteroatoms. The van der Waals surface area contributed by atoms with Gasteiger partial charge in [-0.25, -0.2) is 4.42 Å². The first kappa shape index (κ1) is 27.7. The Morgan fingerprint density at radius 1 is 1.11 bits per heavy atom. The molecule has 1 aliphatic heterocycles. The van der Waals surface area contributed by atoms with Crippen LogP contribution in [0.3, 0.4) is 0 Å². The zero-order valence-electron chi connectivity index (χ0n) is 20.6. The number of benzene rings is 3. The number of carbonyl (C=O) groups is 2. The van der Waals surface area contributed by atoms with E-state index in [-0.39, 0.29) is 11.6 Å². The number of ether oxygens (including phenoxy) is 4. The number of aliphatic carboxylic acids is 1.